The molecule has 2 aromatic carbocycles. The highest BCUT2D eigenvalue weighted by atomic mass is 16.5. The molecule has 0 aliphatic rings. The maximum absolute atomic E-state index is 9.42. The van der Waals surface area contributed by atoms with E-state index in [0.717, 1.165) is 33.3 Å². The topological polar surface area (TPSA) is 115 Å². The molecule has 5 aromatic rings. The van der Waals surface area contributed by atoms with Crippen molar-refractivity contribution in [1.29, 1.82) is 5.26 Å². The first-order valence-corrected chi connectivity index (χ1v) is 10.4. The molecule has 0 bridgehead atoms. The number of fused-ring (bicyclic) bond motifs is 3. The van der Waals surface area contributed by atoms with Gasteiger partial charge in [-0.2, -0.15) is 5.26 Å². The predicted octanol–water partition coefficient (Wildman–Crippen LogP) is 4.40. The summed E-state index contributed by atoms with van der Waals surface area (Å²) in [5.41, 5.74) is 11.9. The monoisotopic (exact) mass is 435 g/mol. The number of hydrogen-bond donors (Lipinski definition) is 1. The molecule has 0 fully saturated rings. The van der Waals surface area contributed by atoms with Crippen LogP contribution in [0.2, 0.25) is 0 Å². The Labute approximate surface area is 190 Å². The summed E-state index contributed by atoms with van der Waals surface area (Å²) in [5, 5.41) is 18.2. The SMILES string of the molecule is COc1ncc(-c2ccc3ncc4nnc(-c5ccc(C(C)(C)C#N)cc5)n4c3c2)cc1N. The summed E-state index contributed by atoms with van der Waals surface area (Å²) < 4.78 is 7.15. The normalized spacial score (nSPS) is 11.6. The van der Waals surface area contributed by atoms with Gasteiger partial charge in [0.15, 0.2) is 11.5 Å². The van der Waals surface area contributed by atoms with Gasteiger partial charge in [-0.15, -0.1) is 10.2 Å². The molecule has 0 unspecified atom stereocenters. The van der Waals surface area contributed by atoms with Crippen LogP contribution < -0.4 is 10.5 Å². The summed E-state index contributed by atoms with van der Waals surface area (Å²) >= 11 is 0. The van der Waals surface area contributed by atoms with Gasteiger partial charge in [0.05, 0.1) is 41.5 Å². The van der Waals surface area contributed by atoms with Crippen LogP contribution in [-0.4, -0.2) is 31.7 Å². The highest BCUT2D eigenvalue weighted by molar-refractivity contribution is 5.85. The molecule has 33 heavy (non-hydrogen) atoms. The van der Waals surface area contributed by atoms with Gasteiger partial charge in [0.1, 0.15) is 0 Å². The minimum Gasteiger partial charge on any atom is -0.480 e. The fraction of sp³-hybridized carbons (Fsp3) is 0.160. The van der Waals surface area contributed by atoms with Gasteiger partial charge in [-0.3, -0.25) is 9.38 Å². The van der Waals surface area contributed by atoms with E-state index in [-0.39, 0.29) is 0 Å². The zero-order chi connectivity index (χ0) is 23.2. The van der Waals surface area contributed by atoms with E-state index < -0.39 is 5.41 Å². The molecule has 0 radical (unpaired) electrons. The van der Waals surface area contributed by atoms with Gasteiger partial charge in [0, 0.05) is 17.3 Å². The number of anilines is 1. The number of nitrogens with zero attached hydrogens (tertiary/aromatic N) is 6. The third kappa shape index (κ3) is 3.40. The first kappa shape index (κ1) is 20.4. The molecule has 0 saturated carbocycles. The Kier molecular flexibility index (Phi) is 4.68. The van der Waals surface area contributed by atoms with Gasteiger partial charge in [0.2, 0.25) is 5.88 Å². The number of nitrogens with two attached hydrogens (primary N) is 1. The highest BCUT2D eigenvalue weighted by Crippen LogP contribution is 2.30. The van der Waals surface area contributed by atoms with Crippen molar-refractivity contribution in [2.75, 3.05) is 12.8 Å². The second kappa shape index (κ2) is 7.57. The van der Waals surface area contributed by atoms with Gasteiger partial charge >= 0.3 is 0 Å². The fourth-order valence-corrected chi connectivity index (χ4v) is 3.82. The molecule has 0 amide bonds. The third-order valence-corrected chi connectivity index (χ3v) is 5.77. The Balaban J connectivity index is 1.67. The van der Waals surface area contributed by atoms with Crippen molar-refractivity contribution in [2.45, 2.75) is 19.3 Å². The first-order chi connectivity index (χ1) is 15.9. The summed E-state index contributed by atoms with van der Waals surface area (Å²) in [5.74, 6) is 1.09. The van der Waals surface area contributed by atoms with Crippen molar-refractivity contribution in [1.82, 2.24) is 24.6 Å². The zero-order valence-electron chi connectivity index (χ0n) is 18.4. The van der Waals surface area contributed by atoms with E-state index in [1.165, 1.54) is 7.11 Å². The molecule has 0 spiro atoms. The maximum Gasteiger partial charge on any atom is 0.236 e. The molecule has 0 saturated heterocycles. The number of nitriles is 1. The largest absolute Gasteiger partial charge is 0.480 e. The van der Waals surface area contributed by atoms with Crippen molar-refractivity contribution < 1.29 is 4.74 Å². The van der Waals surface area contributed by atoms with Crippen LogP contribution in [0.5, 0.6) is 5.88 Å². The number of methoxy groups -OCH3 is 1. The number of benzene rings is 2. The Bertz CT molecular complexity index is 1550. The van der Waals surface area contributed by atoms with E-state index >= 15 is 0 Å². The molecule has 0 aliphatic heterocycles. The van der Waals surface area contributed by atoms with Crippen molar-refractivity contribution >= 4 is 22.4 Å². The quantitative estimate of drug-likeness (QED) is 0.445. The molecular formula is C25H21N7O. The number of ether oxygens (including phenoxy) is 1. The standard InChI is InChI=1S/C25H21N7O/c1-25(2,14-26)18-7-4-15(5-8-18)23-31-30-22-13-28-20-9-6-16(11-21(20)32(22)23)17-10-19(27)24(33-3)29-12-17/h4-13H,27H2,1-3H3. The minimum atomic E-state index is -0.564. The minimum absolute atomic E-state index is 0.396. The van der Waals surface area contributed by atoms with Gasteiger partial charge in [-0.1, -0.05) is 30.3 Å². The lowest BCUT2D eigenvalue weighted by molar-refractivity contribution is 0.400. The third-order valence-electron chi connectivity index (χ3n) is 5.77. The van der Waals surface area contributed by atoms with Crippen molar-refractivity contribution in [3.8, 4) is 34.5 Å². The lowest BCUT2D eigenvalue weighted by atomic mass is 9.86. The molecule has 5 rings (SSSR count). The van der Waals surface area contributed by atoms with Crippen LogP contribution in [0.4, 0.5) is 5.69 Å². The molecule has 0 aliphatic carbocycles. The molecule has 3 heterocycles. The summed E-state index contributed by atoms with van der Waals surface area (Å²) in [4.78, 5) is 8.82. The van der Waals surface area contributed by atoms with E-state index in [2.05, 4.69) is 26.2 Å². The highest BCUT2D eigenvalue weighted by Gasteiger charge is 2.20. The Morgan fingerprint density at radius 3 is 2.39 bits per heavy atom. The Morgan fingerprint density at radius 1 is 0.939 bits per heavy atom. The van der Waals surface area contributed by atoms with Crippen LogP contribution in [0.15, 0.2) is 60.9 Å². The summed E-state index contributed by atoms with van der Waals surface area (Å²) in [7, 11) is 1.54. The molecule has 3 aromatic heterocycles. The Morgan fingerprint density at radius 2 is 1.70 bits per heavy atom. The molecule has 0 atom stereocenters. The number of pyridine rings is 1. The fourth-order valence-electron chi connectivity index (χ4n) is 3.82. The molecule has 2 N–H and O–H groups in total. The number of nitrogen functional groups attached to an aromatic ring is 1. The van der Waals surface area contributed by atoms with E-state index in [0.29, 0.717) is 23.0 Å². The second-order valence-electron chi connectivity index (χ2n) is 8.32. The second-order valence-corrected chi connectivity index (χ2v) is 8.32. The smallest absolute Gasteiger partial charge is 0.236 e. The van der Waals surface area contributed by atoms with E-state index in [9.17, 15) is 5.26 Å². The van der Waals surface area contributed by atoms with Crippen LogP contribution in [0.25, 0.3) is 39.2 Å². The number of aromatic nitrogens is 5. The average molecular weight is 435 g/mol. The number of rotatable bonds is 4. The predicted molar refractivity (Wildman–Crippen MR) is 127 cm³/mol. The lowest BCUT2D eigenvalue weighted by Gasteiger charge is -2.15. The van der Waals surface area contributed by atoms with E-state index in [1.807, 2.05) is 66.8 Å². The van der Waals surface area contributed by atoms with Gasteiger partial charge < -0.3 is 10.5 Å². The van der Waals surface area contributed by atoms with Crippen LogP contribution in [-0.2, 0) is 5.41 Å². The summed E-state index contributed by atoms with van der Waals surface area (Å²) in [6, 6.07) is 18.0. The first-order valence-electron chi connectivity index (χ1n) is 10.4. The van der Waals surface area contributed by atoms with Crippen LogP contribution in [0.1, 0.15) is 19.4 Å². The summed E-state index contributed by atoms with van der Waals surface area (Å²) in [6.07, 6.45) is 3.44. The molecule has 8 heteroatoms. The van der Waals surface area contributed by atoms with Gasteiger partial charge in [-0.25, -0.2) is 4.98 Å². The van der Waals surface area contributed by atoms with Gasteiger partial charge in [0.25, 0.3) is 0 Å². The molecule has 162 valence electrons. The van der Waals surface area contributed by atoms with Crippen molar-refractivity contribution in [2.24, 2.45) is 0 Å². The maximum atomic E-state index is 9.42. The van der Waals surface area contributed by atoms with Crippen LogP contribution in [0, 0.1) is 11.3 Å². The van der Waals surface area contributed by atoms with Crippen LogP contribution >= 0.6 is 0 Å². The van der Waals surface area contributed by atoms with E-state index in [1.54, 1.807) is 12.4 Å². The zero-order valence-corrected chi connectivity index (χ0v) is 18.4. The van der Waals surface area contributed by atoms with Crippen molar-refractivity contribution in [3.05, 3.63) is 66.5 Å². The van der Waals surface area contributed by atoms with Crippen LogP contribution in [0.3, 0.4) is 0 Å². The van der Waals surface area contributed by atoms with Crippen molar-refractivity contribution in [3.63, 3.8) is 0 Å². The number of hydrogen-bond acceptors (Lipinski definition) is 7. The lowest BCUT2D eigenvalue weighted by Crippen LogP contribution is -2.13. The molecular weight excluding hydrogens is 414 g/mol. The Hall–Kier alpha value is -4.51. The summed E-state index contributed by atoms with van der Waals surface area (Å²) in [6.45, 7) is 3.80. The molecule has 8 nitrogen and oxygen atoms in total. The van der Waals surface area contributed by atoms with Gasteiger partial charge in [-0.05, 0) is 43.2 Å². The average Bonchev–Trinajstić information content (AvgIpc) is 3.28. The van der Waals surface area contributed by atoms with E-state index in [4.69, 9.17) is 10.5 Å².